The SMILES string of the molecule is CCCCN1C(=O)c2cccc3c(-c4cn(-c5ccc(N6CCOCCOCCOCCOCCOCC6)cc5)nn4)ccc(c23)C1=O. The highest BCUT2D eigenvalue weighted by Crippen LogP contribution is 2.36. The second-order valence-electron chi connectivity index (χ2n) is 11.6. The van der Waals surface area contributed by atoms with Gasteiger partial charge in [0, 0.05) is 47.4 Å². The maximum absolute atomic E-state index is 13.3. The molecule has 1 saturated heterocycles. The molecule has 0 N–H and O–H groups in total. The Hall–Kier alpha value is -4.20. The van der Waals surface area contributed by atoms with Gasteiger partial charge in [-0.3, -0.25) is 14.5 Å². The fourth-order valence-electron chi connectivity index (χ4n) is 5.92. The summed E-state index contributed by atoms with van der Waals surface area (Å²) in [6, 6.07) is 17.4. The molecule has 0 radical (unpaired) electrons. The van der Waals surface area contributed by atoms with Crippen LogP contribution in [0.2, 0.25) is 0 Å². The van der Waals surface area contributed by atoms with Gasteiger partial charge in [-0.05, 0) is 48.2 Å². The first-order valence-electron chi connectivity index (χ1n) is 16.7. The Morgan fingerprint density at radius 2 is 1.19 bits per heavy atom. The van der Waals surface area contributed by atoms with E-state index in [2.05, 4.69) is 27.3 Å². The van der Waals surface area contributed by atoms with Gasteiger partial charge in [0.2, 0.25) is 0 Å². The number of ether oxygens (including phenoxy) is 5. The Labute approximate surface area is 280 Å². The van der Waals surface area contributed by atoms with Crippen molar-refractivity contribution in [3.05, 3.63) is 71.9 Å². The first-order chi connectivity index (χ1) is 23.7. The maximum atomic E-state index is 13.3. The van der Waals surface area contributed by atoms with E-state index in [1.54, 1.807) is 16.8 Å². The number of nitrogens with zero attached hydrogens (tertiary/aromatic N) is 5. The molecule has 3 aromatic carbocycles. The van der Waals surface area contributed by atoms with E-state index in [1.165, 1.54) is 4.90 Å². The standard InChI is InChI=1S/C36H43N5O7/c1-2-3-13-40-35(42)31-6-4-5-30-29(11-12-32(34(30)31)36(40)43)33-26-41(38-37-33)28-9-7-27(8-10-28)39-14-16-44-18-20-46-22-24-48-25-23-47-21-19-45-17-15-39/h4-12,26H,2-3,13-25H2,1H3. The Morgan fingerprint density at radius 1 is 0.646 bits per heavy atom. The Bertz CT molecular complexity index is 1640. The molecule has 0 spiro atoms. The van der Waals surface area contributed by atoms with Crippen molar-refractivity contribution in [2.45, 2.75) is 19.8 Å². The number of aromatic nitrogens is 3. The van der Waals surface area contributed by atoms with E-state index in [0.717, 1.165) is 35.2 Å². The summed E-state index contributed by atoms with van der Waals surface area (Å²) >= 11 is 0. The molecule has 48 heavy (non-hydrogen) atoms. The lowest BCUT2D eigenvalue weighted by molar-refractivity contribution is -0.0116. The van der Waals surface area contributed by atoms with E-state index < -0.39 is 0 Å². The van der Waals surface area contributed by atoms with Gasteiger partial charge < -0.3 is 28.6 Å². The van der Waals surface area contributed by atoms with Crippen LogP contribution in [0.5, 0.6) is 0 Å². The monoisotopic (exact) mass is 657 g/mol. The van der Waals surface area contributed by atoms with Crippen molar-refractivity contribution in [1.29, 1.82) is 0 Å². The van der Waals surface area contributed by atoms with Gasteiger partial charge in [0.05, 0.1) is 78.0 Å². The van der Waals surface area contributed by atoms with Crippen LogP contribution in [0.25, 0.3) is 27.7 Å². The lowest BCUT2D eigenvalue weighted by Gasteiger charge is -2.27. The second kappa shape index (κ2) is 16.8. The largest absolute Gasteiger partial charge is 0.377 e. The van der Waals surface area contributed by atoms with Crippen molar-refractivity contribution in [2.24, 2.45) is 0 Å². The summed E-state index contributed by atoms with van der Waals surface area (Å²) in [5, 5.41) is 10.4. The number of rotatable bonds is 6. The topological polar surface area (TPSA) is 117 Å². The number of carbonyl (C=O) groups is 2. The fourth-order valence-corrected chi connectivity index (χ4v) is 5.92. The third kappa shape index (κ3) is 7.91. The number of hydrogen-bond donors (Lipinski definition) is 0. The van der Waals surface area contributed by atoms with E-state index in [0.29, 0.717) is 108 Å². The van der Waals surface area contributed by atoms with Gasteiger partial charge in [-0.1, -0.05) is 36.8 Å². The van der Waals surface area contributed by atoms with Gasteiger partial charge >= 0.3 is 0 Å². The molecule has 0 atom stereocenters. The summed E-state index contributed by atoms with van der Waals surface area (Å²) in [7, 11) is 0. The Balaban J connectivity index is 1.16. The molecule has 1 fully saturated rings. The van der Waals surface area contributed by atoms with Gasteiger partial charge in [-0.2, -0.15) is 0 Å². The highest BCUT2D eigenvalue weighted by atomic mass is 16.6. The predicted molar refractivity (Wildman–Crippen MR) is 181 cm³/mol. The number of hydrogen-bond acceptors (Lipinski definition) is 10. The van der Waals surface area contributed by atoms with Crippen molar-refractivity contribution in [1.82, 2.24) is 19.9 Å². The minimum absolute atomic E-state index is 0.246. The van der Waals surface area contributed by atoms with Crippen LogP contribution in [-0.2, 0) is 23.7 Å². The molecule has 2 aliphatic heterocycles. The molecule has 0 bridgehead atoms. The molecule has 0 saturated carbocycles. The lowest BCUT2D eigenvalue weighted by atomic mass is 9.90. The van der Waals surface area contributed by atoms with Crippen molar-refractivity contribution >= 4 is 28.3 Å². The van der Waals surface area contributed by atoms with E-state index in [-0.39, 0.29) is 11.8 Å². The van der Waals surface area contributed by atoms with Crippen molar-refractivity contribution in [2.75, 3.05) is 90.6 Å². The first-order valence-corrected chi connectivity index (χ1v) is 16.7. The molecule has 6 rings (SSSR count). The molecule has 0 aliphatic carbocycles. The summed E-state index contributed by atoms with van der Waals surface area (Å²) in [6.45, 7) is 9.17. The van der Waals surface area contributed by atoms with Crippen LogP contribution in [0, 0.1) is 0 Å². The van der Waals surface area contributed by atoms with Crippen LogP contribution >= 0.6 is 0 Å². The summed E-state index contributed by atoms with van der Waals surface area (Å²) in [5.74, 6) is -0.493. The van der Waals surface area contributed by atoms with Crippen LogP contribution in [0.15, 0.2) is 60.8 Å². The van der Waals surface area contributed by atoms with Crippen molar-refractivity contribution < 1.29 is 33.3 Å². The number of imide groups is 1. The molecule has 254 valence electrons. The van der Waals surface area contributed by atoms with Gasteiger partial charge in [0.1, 0.15) is 5.69 Å². The quantitative estimate of drug-likeness (QED) is 0.277. The lowest BCUT2D eigenvalue weighted by Crippen LogP contribution is -2.40. The molecular formula is C36H43N5O7. The van der Waals surface area contributed by atoms with Crippen LogP contribution < -0.4 is 4.90 Å². The predicted octanol–water partition coefficient (Wildman–Crippen LogP) is 4.39. The Kier molecular flexibility index (Phi) is 11.8. The molecule has 12 nitrogen and oxygen atoms in total. The van der Waals surface area contributed by atoms with Gasteiger partial charge in [-0.15, -0.1) is 5.10 Å². The average Bonchev–Trinajstić information content (AvgIpc) is 3.61. The summed E-state index contributed by atoms with van der Waals surface area (Å²) < 4.78 is 30.0. The number of amides is 2. The summed E-state index contributed by atoms with van der Waals surface area (Å²) in [5.41, 5.74) is 4.44. The van der Waals surface area contributed by atoms with Crippen LogP contribution in [-0.4, -0.2) is 117 Å². The minimum atomic E-state index is -0.246. The smallest absolute Gasteiger partial charge is 0.261 e. The molecule has 2 amide bonds. The average molecular weight is 658 g/mol. The molecule has 4 aromatic rings. The molecular weight excluding hydrogens is 614 g/mol. The zero-order valence-corrected chi connectivity index (χ0v) is 27.5. The van der Waals surface area contributed by atoms with E-state index in [4.69, 9.17) is 23.7 Å². The van der Waals surface area contributed by atoms with Gasteiger partial charge in [0.15, 0.2) is 0 Å². The van der Waals surface area contributed by atoms with Gasteiger partial charge in [-0.25, -0.2) is 4.68 Å². The highest BCUT2D eigenvalue weighted by Gasteiger charge is 2.33. The number of carbonyl (C=O) groups excluding carboxylic acids is 2. The van der Waals surface area contributed by atoms with E-state index in [1.807, 2.05) is 43.5 Å². The highest BCUT2D eigenvalue weighted by molar-refractivity contribution is 6.26. The third-order valence-corrected chi connectivity index (χ3v) is 8.47. The summed E-state index contributed by atoms with van der Waals surface area (Å²) in [6.07, 6.45) is 3.54. The number of anilines is 1. The number of benzene rings is 3. The number of unbranched alkanes of at least 4 members (excludes halogenated alkanes) is 1. The maximum Gasteiger partial charge on any atom is 0.261 e. The van der Waals surface area contributed by atoms with E-state index in [9.17, 15) is 9.59 Å². The zero-order valence-electron chi connectivity index (χ0n) is 27.5. The van der Waals surface area contributed by atoms with Gasteiger partial charge in [0.25, 0.3) is 11.8 Å². The normalized spacial score (nSPS) is 17.8. The molecule has 1 aromatic heterocycles. The first kappa shape index (κ1) is 33.7. The fraction of sp³-hybridized carbons (Fsp3) is 0.444. The minimum Gasteiger partial charge on any atom is -0.377 e. The zero-order chi connectivity index (χ0) is 33.1. The van der Waals surface area contributed by atoms with Crippen LogP contribution in [0.3, 0.4) is 0 Å². The Morgan fingerprint density at radius 3 is 1.79 bits per heavy atom. The third-order valence-electron chi connectivity index (χ3n) is 8.47. The molecule has 12 heteroatoms. The van der Waals surface area contributed by atoms with Crippen LogP contribution in [0.1, 0.15) is 40.5 Å². The van der Waals surface area contributed by atoms with Crippen molar-refractivity contribution in [3.63, 3.8) is 0 Å². The summed E-state index contributed by atoms with van der Waals surface area (Å²) in [4.78, 5) is 30.2. The molecule has 3 heterocycles. The van der Waals surface area contributed by atoms with E-state index >= 15 is 0 Å². The second-order valence-corrected chi connectivity index (χ2v) is 11.6. The van der Waals surface area contributed by atoms with Crippen LogP contribution in [0.4, 0.5) is 5.69 Å². The molecule has 2 aliphatic rings. The molecule has 0 unspecified atom stereocenters. The van der Waals surface area contributed by atoms with Crippen molar-refractivity contribution in [3.8, 4) is 16.9 Å².